The quantitative estimate of drug-likeness (QED) is 0.519. The number of anilines is 1. The molecule has 1 atom stereocenters. The van der Waals surface area contributed by atoms with E-state index in [1.165, 1.54) is 25.1 Å². The van der Waals surface area contributed by atoms with Crippen LogP contribution in [0.5, 0.6) is 0 Å². The first-order valence-corrected chi connectivity index (χ1v) is 13.4. The van der Waals surface area contributed by atoms with Gasteiger partial charge in [-0.3, -0.25) is 4.72 Å². The van der Waals surface area contributed by atoms with Crippen LogP contribution in [0.3, 0.4) is 0 Å². The molecule has 0 saturated heterocycles. The summed E-state index contributed by atoms with van der Waals surface area (Å²) in [5.41, 5.74) is 1.24. The average molecular weight is 506 g/mol. The topological polar surface area (TPSA) is 95.9 Å². The number of halogens is 2. The van der Waals surface area contributed by atoms with Gasteiger partial charge in [0, 0.05) is 17.7 Å². The van der Waals surface area contributed by atoms with Crippen molar-refractivity contribution in [2.75, 3.05) is 10.5 Å². The highest BCUT2D eigenvalue weighted by molar-refractivity contribution is 7.92. The molecule has 3 aromatic carbocycles. The summed E-state index contributed by atoms with van der Waals surface area (Å²) >= 11 is 0. The maximum Gasteiger partial charge on any atom is 0.279 e. The summed E-state index contributed by atoms with van der Waals surface area (Å²) in [4.78, 5) is -0.190. The molecule has 0 saturated carbocycles. The largest absolute Gasteiger partial charge is 0.284 e. The molecule has 0 amide bonds. The van der Waals surface area contributed by atoms with Gasteiger partial charge in [-0.25, -0.2) is 17.2 Å². The molecule has 7 nitrogen and oxygen atoms in total. The predicted molar refractivity (Wildman–Crippen MR) is 125 cm³/mol. The molecule has 0 radical (unpaired) electrons. The smallest absolute Gasteiger partial charge is 0.279 e. The van der Waals surface area contributed by atoms with Gasteiger partial charge in [0.2, 0.25) is 10.0 Å². The lowest BCUT2D eigenvalue weighted by Crippen LogP contribution is -2.28. The fourth-order valence-electron chi connectivity index (χ4n) is 3.59. The Morgan fingerprint density at radius 1 is 0.971 bits per heavy atom. The molecule has 11 heteroatoms. The molecule has 0 fully saturated rings. The summed E-state index contributed by atoms with van der Waals surface area (Å²) in [5.74, 6) is -1.30. The minimum Gasteiger partial charge on any atom is -0.284 e. The third-order valence-corrected chi connectivity index (χ3v) is 8.35. The van der Waals surface area contributed by atoms with Crippen molar-refractivity contribution < 1.29 is 25.6 Å². The number of sulfonamides is 2. The van der Waals surface area contributed by atoms with E-state index in [1.807, 2.05) is 0 Å². The number of benzene rings is 3. The van der Waals surface area contributed by atoms with Gasteiger partial charge in [-0.15, -0.1) is 0 Å². The number of rotatable bonds is 7. The van der Waals surface area contributed by atoms with E-state index in [-0.39, 0.29) is 22.6 Å². The molecule has 1 aliphatic heterocycles. The summed E-state index contributed by atoms with van der Waals surface area (Å²) in [6.07, 6.45) is 0.0470. The zero-order chi connectivity index (χ0) is 24.5. The molecule has 0 aliphatic carbocycles. The second-order valence-electron chi connectivity index (χ2n) is 7.61. The summed E-state index contributed by atoms with van der Waals surface area (Å²) in [6, 6.07) is 15.5. The second kappa shape index (κ2) is 9.15. The maximum atomic E-state index is 14.7. The van der Waals surface area contributed by atoms with E-state index < -0.39 is 37.7 Å². The molecular formula is C23H21F2N3O4S2. The van der Waals surface area contributed by atoms with Crippen molar-refractivity contribution in [2.24, 2.45) is 5.10 Å². The van der Waals surface area contributed by atoms with Gasteiger partial charge in [-0.2, -0.15) is 17.9 Å². The van der Waals surface area contributed by atoms with Crippen LogP contribution in [0.25, 0.3) is 0 Å². The first-order valence-electron chi connectivity index (χ1n) is 10.3. The van der Waals surface area contributed by atoms with Crippen molar-refractivity contribution in [2.45, 2.75) is 24.3 Å². The lowest BCUT2D eigenvalue weighted by molar-refractivity contribution is 0.362. The van der Waals surface area contributed by atoms with E-state index in [0.29, 0.717) is 17.0 Å². The number of nitrogens with one attached hydrogen (secondary N) is 1. The van der Waals surface area contributed by atoms with E-state index in [0.717, 1.165) is 28.7 Å². The summed E-state index contributed by atoms with van der Waals surface area (Å²) in [5, 5.41) is 4.31. The van der Waals surface area contributed by atoms with Crippen molar-refractivity contribution in [3.63, 3.8) is 0 Å². The van der Waals surface area contributed by atoms with Crippen molar-refractivity contribution in [1.29, 1.82) is 0 Å². The minimum absolute atomic E-state index is 0.0470. The molecule has 0 spiro atoms. The third-order valence-electron chi connectivity index (χ3n) is 5.34. The first kappa shape index (κ1) is 23.8. The zero-order valence-corrected chi connectivity index (χ0v) is 19.7. The lowest BCUT2D eigenvalue weighted by Gasteiger charge is -2.23. The number of hydrogen-bond acceptors (Lipinski definition) is 5. The van der Waals surface area contributed by atoms with Gasteiger partial charge in [0.15, 0.2) is 0 Å². The summed E-state index contributed by atoms with van der Waals surface area (Å²) in [7, 11) is -7.77. The zero-order valence-electron chi connectivity index (χ0n) is 18.0. The Balaban J connectivity index is 1.78. The van der Waals surface area contributed by atoms with Crippen LogP contribution in [-0.4, -0.2) is 32.7 Å². The molecule has 0 aromatic heterocycles. The van der Waals surface area contributed by atoms with Crippen molar-refractivity contribution in [1.82, 2.24) is 4.41 Å². The predicted octanol–water partition coefficient (Wildman–Crippen LogP) is 4.27. The Kier molecular flexibility index (Phi) is 6.41. The van der Waals surface area contributed by atoms with Crippen LogP contribution in [0, 0.1) is 11.6 Å². The Morgan fingerprint density at radius 3 is 2.35 bits per heavy atom. The van der Waals surface area contributed by atoms with Crippen LogP contribution in [0.1, 0.15) is 30.5 Å². The van der Waals surface area contributed by atoms with Gasteiger partial charge in [-0.05, 0) is 55.0 Å². The van der Waals surface area contributed by atoms with Crippen LogP contribution in [0.15, 0.2) is 82.8 Å². The van der Waals surface area contributed by atoms with Gasteiger partial charge in [0.1, 0.15) is 11.6 Å². The van der Waals surface area contributed by atoms with Gasteiger partial charge in [0.25, 0.3) is 10.0 Å². The van der Waals surface area contributed by atoms with Crippen LogP contribution in [0.4, 0.5) is 14.5 Å². The van der Waals surface area contributed by atoms with E-state index >= 15 is 0 Å². The molecule has 34 heavy (non-hydrogen) atoms. The van der Waals surface area contributed by atoms with E-state index in [1.54, 1.807) is 30.3 Å². The second-order valence-corrected chi connectivity index (χ2v) is 11.4. The van der Waals surface area contributed by atoms with Crippen molar-refractivity contribution in [3.05, 3.63) is 95.6 Å². The molecule has 4 rings (SSSR count). The molecule has 3 aromatic rings. The van der Waals surface area contributed by atoms with Crippen molar-refractivity contribution >= 4 is 31.4 Å². The fourth-order valence-corrected chi connectivity index (χ4v) is 5.65. The Morgan fingerprint density at radius 2 is 1.68 bits per heavy atom. The lowest BCUT2D eigenvalue weighted by atomic mass is 9.98. The fraction of sp³-hybridized carbons (Fsp3) is 0.174. The normalized spacial score (nSPS) is 16.4. The summed E-state index contributed by atoms with van der Waals surface area (Å²) < 4.78 is 82.0. The van der Waals surface area contributed by atoms with E-state index in [9.17, 15) is 25.6 Å². The monoisotopic (exact) mass is 505 g/mol. The van der Waals surface area contributed by atoms with Crippen LogP contribution < -0.4 is 4.72 Å². The van der Waals surface area contributed by atoms with E-state index in [4.69, 9.17) is 0 Å². The van der Waals surface area contributed by atoms with Crippen LogP contribution >= 0.6 is 0 Å². The SMILES string of the molecule is CCS(=O)(=O)Nc1cccc(C2=NN(S(=O)(=O)c3ccc(F)cc3)C(c3ccccc3F)C2)c1. The first-order chi connectivity index (χ1) is 16.1. The standard InChI is InChI=1S/C23H21F2N3O4S2/c1-2-33(29,30)27-18-7-5-6-16(14-18)22-15-23(20-8-3-4-9-21(20)25)28(26-22)34(31,32)19-12-10-17(24)11-13-19/h3-14,23,27H,2,15H2,1H3. The van der Waals surface area contributed by atoms with Gasteiger partial charge in [-0.1, -0.05) is 30.3 Å². The highest BCUT2D eigenvalue weighted by atomic mass is 32.2. The molecule has 1 unspecified atom stereocenters. The van der Waals surface area contributed by atoms with Gasteiger partial charge < -0.3 is 0 Å². The minimum atomic E-state index is -4.25. The molecule has 178 valence electrons. The maximum absolute atomic E-state index is 14.7. The van der Waals surface area contributed by atoms with Crippen molar-refractivity contribution in [3.8, 4) is 0 Å². The van der Waals surface area contributed by atoms with Gasteiger partial charge >= 0.3 is 0 Å². The highest BCUT2D eigenvalue weighted by Crippen LogP contribution is 2.38. The van der Waals surface area contributed by atoms with E-state index in [2.05, 4.69) is 9.82 Å². The molecule has 1 heterocycles. The number of nitrogens with zero attached hydrogens (tertiary/aromatic N) is 2. The molecular weight excluding hydrogens is 484 g/mol. The Hall–Kier alpha value is -3.31. The molecule has 1 aliphatic rings. The Labute approximate surface area is 196 Å². The third kappa shape index (κ3) is 4.80. The van der Waals surface area contributed by atoms with Crippen LogP contribution in [0.2, 0.25) is 0 Å². The van der Waals surface area contributed by atoms with Crippen LogP contribution in [-0.2, 0) is 20.0 Å². The number of hydrogen-bond donors (Lipinski definition) is 1. The Bertz CT molecular complexity index is 1460. The molecule has 0 bridgehead atoms. The molecule has 1 N–H and O–H groups in total. The number of hydrazone groups is 1. The average Bonchev–Trinajstić information content (AvgIpc) is 3.26. The summed E-state index contributed by atoms with van der Waals surface area (Å²) in [6.45, 7) is 1.50. The highest BCUT2D eigenvalue weighted by Gasteiger charge is 2.39. The van der Waals surface area contributed by atoms with Gasteiger partial charge in [0.05, 0.1) is 22.4 Å².